The SMILES string of the molecule is COC(C)(C)CCCC(C)CC(O)CC(=O)C(C(=O)O)C(C)(C)C. The van der Waals surface area contributed by atoms with Crippen molar-refractivity contribution in [3.8, 4) is 0 Å². The molecule has 0 saturated heterocycles. The molecule has 24 heavy (non-hydrogen) atoms. The third kappa shape index (κ3) is 8.78. The van der Waals surface area contributed by atoms with E-state index in [1.165, 1.54) is 0 Å². The molecule has 0 bridgehead atoms. The van der Waals surface area contributed by atoms with Crippen LogP contribution in [0.2, 0.25) is 0 Å². The summed E-state index contributed by atoms with van der Waals surface area (Å²) < 4.78 is 5.38. The van der Waals surface area contributed by atoms with Crippen LogP contribution in [0.25, 0.3) is 0 Å². The van der Waals surface area contributed by atoms with Crippen LogP contribution in [0.15, 0.2) is 0 Å². The van der Waals surface area contributed by atoms with Gasteiger partial charge in [0.15, 0.2) is 0 Å². The van der Waals surface area contributed by atoms with Crippen molar-refractivity contribution < 1.29 is 24.5 Å². The summed E-state index contributed by atoms with van der Waals surface area (Å²) in [6.07, 6.45) is 2.50. The lowest BCUT2D eigenvalue weighted by molar-refractivity contribution is -0.151. The van der Waals surface area contributed by atoms with Crippen molar-refractivity contribution in [1.82, 2.24) is 0 Å². The molecule has 3 unspecified atom stereocenters. The smallest absolute Gasteiger partial charge is 0.314 e. The predicted octanol–water partition coefficient (Wildman–Crippen LogP) is 3.67. The zero-order chi connectivity index (χ0) is 19.1. The minimum absolute atomic E-state index is 0.0951. The molecule has 0 aliphatic heterocycles. The fraction of sp³-hybridized carbons (Fsp3) is 0.895. The van der Waals surface area contributed by atoms with Gasteiger partial charge < -0.3 is 14.9 Å². The van der Waals surface area contributed by atoms with Crippen LogP contribution in [-0.4, -0.2) is 40.8 Å². The van der Waals surface area contributed by atoms with E-state index in [0.29, 0.717) is 6.42 Å². The fourth-order valence-corrected chi connectivity index (χ4v) is 2.99. The highest BCUT2D eigenvalue weighted by molar-refractivity contribution is 5.99. The van der Waals surface area contributed by atoms with Gasteiger partial charge in [-0.1, -0.05) is 40.5 Å². The number of carboxylic acids is 1. The lowest BCUT2D eigenvalue weighted by Crippen LogP contribution is -2.37. The molecule has 2 N–H and O–H groups in total. The Kier molecular flexibility index (Phi) is 9.15. The van der Waals surface area contributed by atoms with Gasteiger partial charge in [-0.05, 0) is 38.0 Å². The van der Waals surface area contributed by atoms with Crippen LogP contribution >= 0.6 is 0 Å². The number of aliphatic carboxylic acids is 1. The van der Waals surface area contributed by atoms with Gasteiger partial charge in [0.25, 0.3) is 0 Å². The van der Waals surface area contributed by atoms with Gasteiger partial charge in [-0.3, -0.25) is 9.59 Å². The molecule has 0 rings (SSSR count). The van der Waals surface area contributed by atoms with Crippen LogP contribution in [0.5, 0.6) is 0 Å². The van der Waals surface area contributed by atoms with Crippen molar-refractivity contribution in [3.05, 3.63) is 0 Å². The quantitative estimate of drug-likeness (QED) is 0.559. The number of carboxylic acid groups (broad SMARTS) is 1. The Labute approximate surface area is 146 Å². The van der Waals surface area contributed by atoms with Crippen molar-refractivity contribution in [2.24, 2.45) is 17.3 Å². The molecule has 0 aliphatic rings. The van der Waals surface area contributed by atoms with E-state index < -0.39 is 29.2 Å². The van der Waals surface area contributed by atoms with Gasteiger partial charge in [0.05, 0.1) is 11.7 Å². The highest BCUT2D eigenvalue weighted by atomic mass is 16.5. The van der Waals surface area contributed by atoms with Crippen molar-refractivity contribution >= 4 is 11.8 Å². The first-order valence-electron chi connectivity index (χ1n) is 8.79. The number of hydrogen-bond acceptors (Lipinski definition) is 4. The summed E-state index contributed by atoms with van der Waals surface area (Å²) in [5, 5.41) is 19.4. The molecule has 0 aromatic rings. The maximum Gasteiger partial charge on any atom is 0.314 e. The summed E-state index contributed by atoms with van der Waals surface area (Å²) in [4.78, 5) is 23.6. The van der Waals surface area contributed by atoms with E-state index in [0.717, 1.165) is 19.3 Å². The average Bonchev–Trinajstić information content (AvgIpc) is 2.35. The Hall–Kier alpha value is -0.940. The summed E-state index contributed by atoms with van der Waals surface area (Å²) in [6, 6.07) is 0. The van der Waals surface area contributed by atoms with Gasteiger partial charge in [0.1, 0.15) is 11.7 Å². The molecule has 0 spiro atoms. The van der Waals surface area contributed by atoms with E-state index in [1.807, 2.05) is 20.8 Å². The maximum absolute atomic E-state index is 12.3. The molecule has 0 aromatic carbocycles. The Balaban J connectivity index is 4.39. The zero-order valence-electron chi connectivity index (χ0n) is 16.4. The first kappa shape index (κ1) is 23.1. The molecule has 3 atom stereocenters. The van der Waals surface area contributed by atoms with Gasteiger partial charge in [-0.15, -0.1) is 0 Å². The van der Waals surface area contributed by atoms with Gasteiger partial charge in [-0.25, -0.2) is 0 Å². The number of aliphatic hydroxyl groups is 1. The third-order valence-corrected chi connectivity index (χ3v) is 4.57. The van der Waals surface area contributed by atoms with Crippen LogP contribution in [0.1, 0.15) is 73.6 Å². The van der Waals surface area contributed by atoms with E-state index >= 15 is 0 Å². The summed E-state index contributed by atoms with van der Waals surface area (Å²) in [5.74, 6) is -2.31. The summed E-state index contributed by atoms with van der Waals surface area (Å²) >= 11 is 0. The Morgan fingerprint density at radius 2 is 1.67 bits per heavy atom. The van der Waals surface area contributed by atoms with E-state index in [2.05, 4.69) is 0 Å². The van der Waals surface area contributed by atoms with Crippen LogP contribution in [0.4, 0.5) is 0 Å². The molecule has 0 amide bonds. The lowest BCUT2D eigenvalue weighted by atomic mass is 9.76. The number of ether oxygens (including phenoxy) is 1. The van der Waals surface area contributed by atoms with Gasteiger partial charge >= 0.3 is 5.97 Å². The highest BCUT2D eigenvalue weighted by Gasteiger charge is 2.38. The molecular formula is C19H36O5. The second kappa shape index (κ2) is 9.52. The first-order valence-corrected chi connectivity index (χ1v) is 8.79. The number of carbonyl (C=O) groups excluding carboxylic acids is 1. The summed E-state index contributed by atoms with van der Waals surface area (Å²) in [7, 11) is 1.70. The highest BCUT2D eigenvalue weighted by Crippen LogP contribution is 2.29. The topological polar surface area (TPSA) is 83.8 Å². The largest absolute Gasteiger partial charge is 0.481 e. The van der Waals surface area contributed by atoms with E-state index in [1.54, 1.807) is 27.9 Å². The third-order valence-electron chi connectivity index (χ3n) is 4.57. The van der Waals surface area contributed by atoms with Crippen LogP contribution in [-0.2, 0) is 14.3 Å². The lowest BCUT2D eigenvalue weighted by Gasteiger charge is -2.27. The minimum Gasteiger partial charge on any atom is -0.481 e. The molecule has 0 radical (unpaired) electrons. The minimum atomic E-state index is -1.12. The number of aliphatic hydroxyl groups excluding tert-OH is 1. The monoisotopic (exact) mass is 344 g/mol. The van der Waals surface area contributed by atoms with Gasteiger partial charge in [-0.2, -0.15) is 0 Å². The zero-order valence-corrected chi connectivity index (χ0v) is 16.4. The second-order valence-corrected chi connectivity index (χ2v) is 8.66. The molecule has 0 saturated carbocycles. The second-order valence-electron chi connectivity index (χ2n) is 8.66. The molecule has 142 valence electrons. The first-order chi connectivity index (χ1) is 10.8. The number of carbonyl (C=O) groups is 2. The number of rotatable bonds is 11. The maximum atomic E-state index is 12.3. The van der Waals surface area contributed by atoms with Crippen molar-refractivity contribution in [2.45, 2.75) is 85.4 Å². The van der Waals surface area contributed by atoms with Crippen LogP contribution in [0.3, 0.4) is 0 Å². The summed E-state index contributed by atoms with van der Waals surface area (Å²) in [5.41, 5.74) is -0.796. The van der Waals surface area contributed by atoms with Crippen LogP contribution < -0.4 is 0 Å². The Morgan fingerprint density at radius 1 is 1.12 bits per heavy atom. The van der Waals surface area contributed by atoms with Crippen molar-refractivity contribution in [1.29, 1.82) is 0 Å². The average molecular weight is 344 g/mol. The molecule has 0 aromatic heterocycles. The van der Waals surface area contributed by atoms with Gasteiger partial charge in [0.2, 0.25) is 0 Å². The fourth-order valence-electron chi connectivity index (χ4n) is 2.99. The van der Waals surface area contributed by atoms with Crippen LogP contribution in [0, 0.1) is 17.3 Å². The number of hydrogen-bond donors (Lipinski definition) is 2. The van der Waals surface area contributed by atoms with E-state index in [9.17, 15) is 19.8 Å². The molecule has 0 fully saturated rings. The van der Waals surface area contributed by atoms with Crippen molar-refractivity contribution in [2.75, 3.05) is 7.11 Å². The molecule has 0 heterocycles. The molecule has 5 nitrogen and oxygen atoms in total. The number of methoxy groups -OCH3 is 1. The standard InChI is InChI=1S/C19H36O5/c1-13(9-8-10-19(5,6)24-7)11-14(20)12-15(21)16(17(22)23)18(2,3)4/h13-14,16,20H,8-12H2,1-7H3,(H,22,23). The normalized spacial score (nSPS) is 16.5. The van der Waals surface area contributed by atoms with Crippen molar-refractivity contribution in [3.63, 3.8) is 0 Å². The Morgan fingerprint density at radius 3 is 2.08 bits per heavy atom. The number of ketones is 1. The Bertz CT molecular complexity index is 408. The van der Waals surface area contributed by atoms with E-state index in [-0.39, 0.29) is 17.9 Å². The molecular weight excluding hydrogens is 308 g/mol. The predicted molar refractivity (Wildman–Crippen MR) is 94.9 cm³/mol. The van der Waals surface area contributed by atoms with Gasteiger partial charge in [0, 0.05) is 13.5 Å². The number of Topliss-reactive ketones (excluding diaryl/α,β-unsaturated/α-hetero) is 1. The molecule has 0 aliphatic carbocycles. The molecule has 5 heteroatoms. The summed E-state index contributed by atoms with van der Waals surface area (Å²) in [6.45, 7) is 11.3. The van der Waals surface area contributed by atoms with E-state index in [4.69, 9.17) is 4.74 Å².